The van der Waals surface area contributed by atoms with Gasteiger partial charge in [-0.05, 0) is 49.2 Å². The average molecular weight is 245 g/mol. The van der Waals surface area contributed by atoms with Crippen LogP contribution in [0.15, 0.2) is 42.5 Å². The summed E-state index contributed by atoms with van der Waals surface area (Å²) >= 11 is 0. The van der Waals surface area contributed by atoms with Gasteiger partial charge in [-0.25, -0.2) is 4.39 Å². The van der Waals surface area contributed by atoms with Gasteiger partial charge in [-0.2, -0.15) is 0 Å². The molecule has 2 N–H and O–H groups in total. The van der Waals surface area contributed by atoms with Crippen LogP contribution in [0.1, 0.15) is 11.1 Å². The fourth-order valence-corrected chi connectivity index (χ4v) is 1.73. The molecule has 18 heavy (non-hydrogen) atoms. The van der Waals surface area contributed by atoms with E-state index in [-0.39, 0.29) is 5.82 Å². The normalized spacial score (nSPS) is 10.4. The summed E-state index contributed by atoms with van der Waals surface area (Å²) in [5.41, 5.74) is 7.66. The number of rotatable bonds is 4. The van der Waals surface area contributed by atoms with Gasteiger partial charge >= 0.3 is 0 Å². The van der Waals surface area contributed by atoms with Gasteiger partial charge in [0.15, 0.2) is 0 Å². The Kier molecular flexibility index (Phi) is 3.95. The lowest BCUT2D eigenvalue weighted by Crippen LogP contribution is -2.02. The van der Waals surface area contributed by atoms with Crippen LogP contribution in [0.25, 0.3) is 0 Å². The SMILES string of the molecule is Cc1ccc(CCN)cc1Oc1cccc(F)c1. The number of hydrogen-bond acceptors (Lipinski definition) is 2. The van der Waals surface area contributed by atoms with Gasteiger partial charge in [0.05, 0.1) is 0 Å². The topological polar surface area (TPSA) is 35.2 Å². The summed E-state index contributed by atoms with van der Waals surface area (Å²) in [6.07, 6.45) is 0.805. The summed E-state index contributed by atoms with van der Waals surface area (Å²) in [6.45, 7) is 2.56. The zero-order valence-corrected chi connectivity index (χ0v) is 10.3. The van der Waals surface area contributed by atoms with Gasteiger partial charge in [-0.3, -0.25) is 0 Å². The molecule has 2 rings (SSSR count). The zero-order valence-electron chi connectivity index (χ0n) is 10.3. The van der Waals surface area contributed by atoms with Crippen molar-refractivity contribution in [2.75, 3.05) is 6.54 Å². The lowest BCUT2D eigenvalue weighted by Gasteiger charge is -2.10. The van der Waals surface area contributed by atoms with Crippen molar-refractivity contribution >= 4 is 0 Å². The molecular weight excluding hydrogens is 229 g/mol. The van der Waals surface area contributed by atoms with E-state index in [1.54, 1.807) is 12.1 Å². The Balaban J connectivity index is 2.25. The molecule has 0 saturated carbocycles. The molecule has 0 unspecified atom stereocenters. The molecule has 2 aromatic rings. The number of benzene rings is 2. The summed E-state index contributed by atoms with van der Waals surface area (Å²) in [5, 5.41) is 0. The minimum absolute atomic E-state index is 0.303. The molecule has 0 aliphatic heterocycles. The molecule has 0 heterocycles. The predicted octanol–water partition coefficient (Wildman–Crippen LogP) is 3.43. The molecular formula is C15H16FNO. The molecule has 0 amide bonds. The van der Waals surface area contributed by atoms with E-state index in [0.29, 0.717) is 12.3 Å². The Bertz CT molecular complexity index is 540. The second-order valence-electron chi connectivity index (χ2n) is 4.20. The monoisotopic (exact) mass is 245 g/mol. The molecule has 3 heteroatoms. The molecule has 0 fully saturated rings. The van der Waals surface area contributed by atoms with Gasteiger partial charge in [0, 0.05) is 6.07 Å². The highest BCUT2D eigenvalue weighted by Crippen LogP contribution is 2.26. The molecule has 0 bridgehead atoms. The highest BCUT2D eigenvalue weighted by molar-refractivity contribution is 5.40. The first-order valence-corrected chi connectivity index (χ1v) is 5.92. The summed E-state index contributed by atoms with van der Waals surface area (Å²) in [6, 6.07) is 12.1. The first kappa shape index (κ1) is 12.6. The average Bonchev–Trinajstić information content (AvgIpc) is 2.34. The van der Waals surface area contributed by atoms with E-state index < -0.39 is 0 Å². The molecule has 0 aromatic heterocycles. The molecule has 0 saturated heterocycles. The summed E-state index contributed by atoms with van der Waals surface area (Å²) in [5.74, 6) is 0.942. The number of nitrogens with two attached hydrogens (primary N) is 1. The van der Waals surface area contributed by atoms with Crippen LogP contribution in [0.4, 0.5) is 4.39 Å². The lowest BCUT2D eigenvalue weighted by molar-refractivity contribution is 0.472. The Morgan fingerprint density at radius 1 is 1.17 bits per heavy atom. The van der Waals surface area contributed by atoms with Gasteiger partial charge in [0.1, 0.15) is 17.3 Å². The number of ether oxygens (including phenoxy) is 1. The minimum atomic E-state index is -0.303. The van der Waals surface area contributed by atoms with E-state index in [1.165, 1.54) is 12.1 Å². The maximum atomic E-state index is 13.1. The van der Waals surface area contributed by atoms with Gasteiger partial charge in [-0.15, -0.1) is 0 Å². The Morgan fingerprint density at radius 2 is 2.00 bits per heavy atom. The molecule has 0 aliphatic carbocycles. The van der Waals surface area contributed by atoms with Crippen molar-refractivity contribution in [3.8, 4) is 11.5 Å². The smallest absolute Gasteiger partial charge is 0.130 e. The van der Waals surface area contributed by atoms with Crippen LogP contribution in [0.2, 0.25) is 0 Å². The quantitative estimate of drug-likeness (QED) is 0.895. The van der Waals surface area contributed by atoms with E-state index in [4.69, 9.17) is 10.5 Å². The highest BCUT2D eigenvalue weighted by atomic mass is 19.1. The van der Waals surface area contributed by atoms with E-state index in [2.05, 4.69) is 0 Å². The van der Waals surface area contributed by atoms with Crippen molar-refractivity contribution in [3.63, 3.8) is 0 Å². The summed E-state index contributed by atoms with van der Waals surface area (Å²) in [4.78, 5) is 0. The van der Waals surface area contributed by atoms with Crippen molar-refractivity contribution in [1.29, 1.82) is 0 Å². The zero-order chi connectivity index (χ0) is 13.0. The van der Waals surface area contributed by atoms with Crippen LogP contribution in [-0.4, -0.2) is 6.54 Å². The van der Waals surface area contributed by atoms with Crippen molar-refractivity contribution in [1.82, 2.24) is 0 Å². The van der Waals surface area contributed by atoms with Gasteiger partial charge < -0.3 is 10.5 Å². The van der Waals surface area contributed by atoms with Gasteiger partial charge in [-0.1, -0.05) is 18.2 Å². The van der Waals surface area contributed by atoms with Crippen LogP contribution in [0.5, 0.6) is 11.5 Å². The molecule has 0 atom stereocenters. The fourth-order valence-electron chi connectivity index (χ4n) is 1.73. The second-order valence-corrected chi connectivity index (χ2v) is 4.20. The third-order valence-electron chi connectivity index (χ3n) is 2.71. The van der Waals surface area contributed by atoms with Crippen molar-refractivity contribution < 1.29 is 9.13 Å². The van der Waals surface area contributed by atoms with Crippen LogP contribution in [0, 0.1) is 12.7 Å². The Hall–Kier alpha value is -1.87. The number of halogens is 1. The van der Waals surface area contributed by atoms with Crippen LogP contribution < -0.4 is 10.5 Å². The van der Waals surface area contributed by atoms with E-state index in [0.717, 1.165) is 23.3 Å². The first-order valence-electron chi connectivity index (χ1n) is 5.92. The predicted molar refractivity (Wildman–Crippen MR) is 70.4 cm³/mol. The van der Waals surface area contributed by atoms with Crippen LogP contribution in [0.3, 0.4) is 0 Å². The lowest BCUT2D eigenvalue weighted by atomic mass is 10.1. The van der Waals surface area contributed by atoms with Crippen molar-refractivity contribution in [2.24, 2.45) is 5.73 Å². The molecule has 2 nitrogen and oxygen atoms in total. The van der Waals surface area contributed by atoms with Crippen molar-refractivity contribution in [3.05, 3.63) is 59.4 Å². The molecule has 0 aliphatic rings. The van der Waals surface area contributed by atoms with E-state index >= 15 is 0 Å². The second kappa shape index (κ2) is 5.65. The number of aryl methyl sites for hydroxylation is 1. The minimum Gasteiger partial charge on any atom is -0.457 e. The third-order valence-corrected chi connectivity index (χ3v) is 2.71. The first-order chi connectivity index (χ1) is 8.69. The fraction of sp³-hybridized carbons (Fsp3) is 0.200. The van der Waals surface area contributed by atoms with Crippen LogP contribution >= 0.6 is 0 Å². The molecule has 94 valence electrons. The number of hydrogen-bond donors (Lipinski definition) is 1. The largest absolute Gasteiger partial charge is 0.457 e. The van der Waals surface area contributed by atoms with Gasteiger partial charge in [0.2, 0.25) is 0 Å². The standard InChI is InChI=1S/C15H16FNO/c1-11-5-6-12(7-8-17)9-15(11)18-14-4-2-3-13(16)10-14/h2-6,9-10H,7-8,17H2,1H3. The highest BCUT2D eigenvalue weighted by Gasteiger charge is 2.04. The van der Waals surface area contributed by atoms with Crippen LogP contribution in [-0.2, 0) is 6.42 Å². The summed E-state index contributed by atoms with van der Waals surface area (Å²) in [7, 11) is 0. The van der Waals surface area contributed by atoms with Crippen molar-refractivity contribution in [2.45, 2.75) is 13.3 Å². The van der Waals surface area contributed by atoms with Gasteiger partial charge in [0.25, 0.3) is 0 Å². The maximum Gasteiger partial charge on any atom is 0.130 e. The maximum absolute atomic E-state index is 13.1. The summed E-state index contributed by atoms with van der Waals surface area (Å²) < 4.78 is 18.8. The Labute approximate surface area is 106 Å². The molecule has 0 radical (unpaired) electrons. The molecule has 0 spiro atoms. The van der Waals surface area contributed by atoms with E-state index in [9.17, 15) is 4.39 Å². The Morgan fingerprint density at radius 3 is 2.72 bits per heavy atom. The molecule has 2 aromatic carbocycles. The third kappa shape index (κ3) is 3.08. The van der Waals surface area contributed by atoms with E-state index in [1.807, 2.05) is 25.1 Å².